The molecule has 0 unspecified atom stereocenters. The lowest BCUT2D eigenvalue weighted by atomic mass is 9.85. The molecule has 0 saturated carbocycles. The molecule has 0 bridgehead atoms. The Morgan fingerprint density at radius 2 is 0.792 bits per heavy atom. The minimum Gasteiger partial charge on any atom is -0.135 e. The quantitative estimate of drug-likeness (QED) is 0.128. The molecule has 0 atom stereocenters. The average Bonchev–Trinajstić information content (AvgIpc) is 3.67. The molecule has 1 aromatic heterocycles. The standard InChI is InChI=1S/C52H32S/c1-2-10-34(11-3-1)51-44-15-7-8-16-45(44)52(48-31-42(25-27-46(48)51)50-32-41-14-6-9-17-49(41)53-50)35-20-18-33(19-21-35)38-24-26-43-39(29-38)22-23-40-28-36-12-4-5-13-37(36)30-47(40)43/h1-32H. The predicted molar refractivity (Wildman–Crippen MR) is 231 cm³/mol. The van der Waals surface area contributed by atoms with Crippen LogP contribution in [0.2, 0.25) is 0 Å². The minimum atomic E-state index is 1.22. The third kappa shape index (κ3) is 4.97. The molecule has 0 aliphatic rings. The van der Waals surface area contributed by atoms with Crippen LogP contribution in [-0.2, 0) is 0 Å². The van der Waals surface area contributed by atoms with E-state index in [1.54, 1.807) is 0 Å². The van der Waals surface area contributed by atoms with Gasteiger partial charge in [0.15, 0.2) is 0 Å². The summed E-state index contributed by atoms with van der Waals surface area (Å²) in [5.74, 6) is 0. The van der Waals surface area contributed by atoms with Gasteiger partial charge in [0.1, 0.15) is 0 Å². The summed E-state index contributed by atoms with van der Waals surface area (Å²) in [6, 6.07) is 71.9. The van der Waals surface area contributed by atoms with Crippen molar-refractivity contribution in [1.29, 1.82) is 0 Å². The molecule has 0 amide bonds. The van der Waals surface area contributed by atoms with Crippen LogP contribution in [0.15, 0.2) is 194 Å². The number of hydrogen-bond acceptors (Lipinski definition) is 1. The highest BCUT2D eigenvalue weighted by atomic mass is 32.1. The maximum absolute atomic E-state index is 2.43. The Hall–Kier alpha value is -6.54. The van der Waals surface area contributed by atoms with E-state index in [-0.39, 0.29) is 0 Å². The lowest BCUT2D eigenvalue weighted by molar-refractivity contribution is 1.63. The van der Waals surface area contributed by atoms with E-state index in [1.807, 2.05) is 11.3 Å². The Bertz CT molecular complexity index is 3170. The molecule has 0 nitrogen and oxygen atoms in total. The van der Waals surface area contributed by atoms with Gasteiger partial charge >= 0.3 is 0 Å². The highest BCUT2D eigenvalue weighted by Gasteiger charge is 2.18. The Balaban J connectivity index is 1.08. The van der Waals surface area contributed by atoms with Crippen LogP contribution in [0.1, 0.15) is 0 Å². The summed E-state index contributed by atoms with van der Waals surface area (Å²) in [5, 5.41) is 14.1. The van der Waals surface area contributed by atoms with Crippen molar-refractivity contribution in [2.24, 2.45) is 0 Å². The largest absolute Gasteiger partial charge is 0.135 e. The van der Waals surface area contributed by atoms with Crippen molar-refractivity contribution < 1.29 is 0 Å². The van der Waals surface area contributed by atoms with E-state index in [0.29, 0.717) is 0 Å². The van der Waals surface area contributed by atoms with Crippen molar-refractivity contribution in [2.75, 3.05) is 0 Å². The Morgan fingerprint density at radius 3 is 1.57 bits per heavy atom. The van der Waals surface area contributed by atoms with Crippen LogP contribution in [0.3, 0.4) is 0 Å². The van der Waals surface area contributed by atoms with Crippen LogP contribution in [0.4, 0.5) is 0 Å². The van der Waals surface area contributed by atoms with Crippen LogP contribution in [0.25, 0.3) is 108 Å². The highest BCUT2D eigenvalue weighted by molar-refractivity contribution is 7.22. The van der Waals surface area contributed by atoms with E-state index < -0.39 is 0 Å². The molecule has 0 saturated heterocycles. The monoisotopic (exact) mass is 688 g/mol. The third-order valence-corrected chi connectivity index (χ3v) is 12.2. The summed E-state index contributed by atoms with van der Waals surface area (Å²) in [4.78, 5) is 1.29. The highest BCUT2D eigenvalue weighted by Crippen LogP contribution is 2.46. The van der Waals surface area contributed by atoms with Crippen molar-refractivity contribution in [2.45, 2.75) is 0 Å². The zero-order valence-electron chi connectivity index (χ0n) is 28.9. The second kappa shape index (κ2) is 12.0. The molecular weight excluding hydrogens is 657 g/mol. The first-order chi connectivity index (χ1) is 26.2. The summed E-state index contributed by atoms with van der Waals surface area (Å²) in [6.07, 6.45) is 0. The van der Waals surface area contributed by atoms with Crippen molar-refractivity contribution >= 4 is 75.3 Å². The number of hydrogen-bond donors (Lipinski definition) is 0. The van der Waals surface area contributed by atoms with Gasteiger partial charge in [0.25, 0.3) is 0 Å². The van der Waals surface area contributed by atoms with Crippen molar-refractivity contribution in [3.8, 4) is 43.8 Å². The van der Waals surface area contributed by atoms with E-state index in [9.17, 15) is 0 Å². The molecular formula is C52H32S. The molecule has 10 aromatic carbocycles. The lowest BCUT2D eigenvalue weighted by Crippen LogP contribution is -1.91. The van der Waals surface area contributed by atoms with E-state index >= 15 is 0 Å². The van der Waals surface area contributed by atoms with Gasteiger partial charge in [-0.1, -0.05) is 158 Å². The van der Waals surface area contributed by atoms with Gasteiger partial charge < -0.3 is 0 Å². The normalized spacial score (nSPS) is 11.8. The van der Waals surface area contributed by atoms with Crippen LogP contribution in [0.5, 0.6) is 0 Å². The number of benzene rings is 10. The Morgan fingerprint density at radius 1 is 0.245 bits per heavy atom. The fraction of sp³-hybridized carbons (Fsp3) is 0. The molecule has 0 spiro atoms. The van der Waals surface area contributed by atoms with Gasteiger partial charge in [0, 0.05) is 9.58 Å². The Kier molecular flexibility index (Phi) is 6.83. The summed E-state index contributed by atoms with van der Waals surface area (Å²) in [6.45, 7) is 0. The second-order valence-corrected chi connectivity index (χ2v) is 15.2. The summed E-state index contributed by atoms with van der Waals surface area (Å²) in [7, 11) is 0. The third-order valence-electron chi connectivity index (χ3n) is 11.0. The fourth-order valence-corrected chi connectivity index (χ4v) is 9.51. The maximum Gasteiger partial charge on any atom is 0.0355 e. The molecule has 1 heterocycles. The van der Waals surface area contributed by atoms with Crippen molar-refractivity contribution in [1.82, 2.24) is 0 Å². The molecule has 11 rings (SSSR count). The fourth-order valence-electron chi connectivity index (χ4n) is 8.45. The zero-order valence-corrected chi connectivity index (χ0v) is 29.7. The molecule has 53 heavy (non-hydrogen) atoms. The topological polar surface area (TPSA) is 0 Å². The summed E-state index contributed by atoms with van der Waals surface area (Å²) in [5.41, 5.74) is 8.73. The smallest absolute Gasteiger partial charge is 0.0355 e. The molecule has 1 heteroatoms. The average molecular weight is 689 g/mol. The second-order valence-electron chi connectivity index (χ2n) is 14.1. The van der Waals surface area contributed by atoms with Crippen LogP contribution in [0, 0.1) is 0 Å². The summed E-state index contributed by atoms with van der Waals surface area (Å²) >= 11 is 1.87. The van der Waals surface area contributed by atoms with E-state index in [2.05, 4.69) is 194 Å². The molecule has 11 aromatic rings. The van der Waals surface area contributed by atoms with Gasteiger partial charge in [-0.15, -0.1) is 11.3 Å². The summed E-state index contributed by atoms with van der Waals surface area (Å²) < 4.78 is 1.32. The molecule has 246 valence electrons. The van der Waals surface area contributed by atoms with Gasteiger partial charge in [0.2, 0.25) is 0 Å². The number of thiophene rings is 1. The predicted octanol–water partition coefficient (Wildman–Crippen LogP) is 15.3. The van der Waals surface area contributed by atoms with Crippen molar-refractivity contribution in [3.05, 3.63) is 194 Å². The molecule has 0 fully saturated rings. The van der Waals surface area contributed by atoms with Crippen molar-refractivity contribution in [3.63, 3.8) is 0 Å². The SMILES string of the molecule is c1ccc(-c2c3ccccc3c(-c3ccc(-c4ccc5c(ccc6cc7ccccc7cc65)c4)cc3)c3cc(-c4cc5ccccc5s4)ccc23)cc1. The van der Waals surface area contributed by atoms with Gasteiger partial charge in [-0.2, -0.15) is 0 Å². The molecule has 0 radical (unpaired) electrons. The lowest BCUT2D eigenvalue weighted by Gasteiger charge is -2.19. The minimum absolute atomic E-state index is 1.22. The number of rotatable bonds is 4. The first-order valence-electron chi connectivity index (χ1n) is 18.2. The van der Waals surface area contributed by atoms with E-state index in [1.165, 1.54) is 108 Å². The van der Waals surface area contributed by atoms with Gasteiger partial charge in [-0.3, -0.25) is 0 Å². The van der Waals surface area contributed by atoms with E-state index in [4.69, 9.17) is 0 Å². The van der Waals surface area contributed by atoms with E-state index in [0.717, 1.165) is 0 Å². The van der Waals surface area contributed by atoms with Crippen LogP contribution < -0.4 is 0 Å². The zero-order chi connectivity index (χ0) is 34.9. The molecule has 0 N–H and O–H groups in total. The van der Waals surface area contributed by atoms with Crippen LogP contribution in [-0.4, -0.2) is 0 Å². The van der Waals surface area contributed by atoms with Crippen LogP contribution >= 0.6 is 11.3 Å². The van der Waals surface area contributed by atoms with Gasteiger partial charge in [0.05, 0.1) is 0 Å². The Labute approximate surface area is 311 Å². The maximum atomic E-state index is 2.43. The number of fused-ring (bicyclic) bond motifs is 7. The van der Waals surface area contributed by atoms with Gasteiger partial charge in [-0.25, -0.2) is 0 Å². The first-order valence-corrected chi connectivity index (χ1v) is 19.1. The van der Waals surface area contributed by atoms with Gasteiger partial charge in [-0.05, 0) is 135 Å². The molecule has 0 aliphatic heterocycles. The molecule has 0 aliphatic carbocycles. The first kappa shape index (κ1) is 30.1.